The van der Waals surface area contributed by atoms with E-state index in [1.165, 1.54) is 37.1 Å². The van der Waals surface area contributed by atoms with E-state index < -0.39 is 83.7 Å². The van der Waals surface area contributed by atoms with E-state index in [0.717, 1.165) is 11.6 Å². The van der Waals surface area contributed by atoms with E-state index in [0.29, 0.717) is 0 Å². The van der Waals surface area contributed by atoms with Crippen LogP contribution >= 0.6 is 0 Å². The number of benzene rings is 2. The number of hydrogen-bond donors (Lipinski definition) is 5. The maximum absolute atomic E-state index is 13.5. The first-order chi connectivity index (χ1) is 23.1. The SMILES string of the molecule is CC(C)[C@H]1NC(=O)[C@@H](NC(=O)Cc2ccccc2C(F)(F)F)CCCNC(=O)CN(C)C(=O)[C@H](Cc2ccccc2)NC(=O)[C@@H](C)NC1=O. The first-order valence-electron chi connectivity index (χ1n) is 16.0. The lowest BCUT2D eigenvalue weighted by molar-refractivity contribution is -0.139. The van der Waals surface area contributed by atoms with Crippen LogP contribution < -0.4 is 26.6 Å². The van der Waals surface area contributed by atoms with Crippen LogP contribution in [-0.4, -0.2) is 84.6 Å². The van der Waals surface area contributed by atoms with Gasteiger partial charge in [0.05, 0.1) is 18.5 Å². The molecule has 12 nitrogen and oxygen atoms in total. The van der Waals surface area contributed by atoms with E-state index in [1.807, 2.05) is 0 Å². The van der Waals surface area contributed by atoms with Crippen LogP contribution in [0.3, 0.4) is 0 Å². The Bertz CT molecular complexity index is 1500. The van der Waals surface area contributed by atoms with Crippen molar-refractivity contribution in [1.82, 2.24) is 31.5 Å². The van der Waals surface area contributed by atoms with Gasteiger partial charge in [-0.1, -0.05) is 62.4 Å². The summed E-state index contributed by atoms with van der Waals surface area (Å²) in [6.07, 6.45) is -5.12. The predicted octanol–water partition coefficient (Wildman–Crippen LogP) is 1.47. The topological polar surface area (TPSA) is 166 Å². The third-order valence-corrected chi connectivity index (χ3v) is 7.97. The number of alkyl halides is 3. The molecule has 4 atom stereocenters. The van der Waals surface area contributed by atoms with Crippen molar-refractivity contribution in [3.63, 3.8) is 0 Å². The summed E-state index contributed by atoms with van der Waals surface area (Å²) in [5, 5.41) is 13.0. The number of rotatable bonds is 6. The molecule has 5 N–H and O–H groups in total. The van der Waals surface area contributed by atoms with Gasteiger partial charge < -0.3 is 31.5 Å². The molecule has 49 heavy (non-hydrogen) atoms. The van der Waals surface area contributed by atoms with Crippen LogP contribution in [0.4, 0.5) is 13.2 Å². The van der Waals surface area contributed by atoms with Crippen LogP contribution in [0.25, 0.3) is 0 Å². The van der Waals surface area contributed by atoms with Gasteiger partial charge >= 0.3 is 6.18 Å². The maximum atomic E-state index is 13.5. The summed E-state index contributed by atoms with van der Waals surface area (Å²) >= 11 is 0. The fourth-order valence-corrected chi connectivity index (χ4v) is 5.29. The Morgan fingerprint density at radius 2 is 1.57 bits per heavy atom. The van der Waals surface area contributed by atoms with Gasteiger partial charge in [-0.05, 0) is 42.9 Å². The number of hydrogen-bond acceptors (Lipinski definition) is 6. The van der Waals surface area contributed by atoms with E-state index in [-0.39, 0.29) is 37.9 Å². The minimum absolute atomic E-state index is 0.0349. The zero-order chi connectivity index (χ0) is 36.3. The molecule has 0 saturated carbocycles. The molecule has 0 spiro atoms. The van der Waals surface area contributed by atoms with Crippen molar-refractivity contribution in [1.29, 1.82) is 0 Å². The van der Waals surface area contributed by atoms with E-state index in [9.17, 15) is 41.9 Å². The van der Waals surface area contributed by atoms with Crippen molar-refractivity contribution >= 4 is 35.4 Å². The lowest BCUT2D eigenvalue weighted by Gasteiger charge is -2.28. The Balaban J connectivity index is 1.84. The van der Waals surface area contributed by atoms with Crippen LogP contribution in [-0.2, 0) is 47.8 Å². The smallest absolute Gasteiger partial charge is 0.355 e. The Hall–Kier alpha value is -4.95. The molecule has 1 heterocycles. The van der Waals surface area contributed by atoms with Gasteiger partial charge in [-0.2, -0.15) is 13.2 Å². The molecule has 0 aliphatic carbocycles. The number of halogens is 3. The summed E-state index contributed by atoms with van der Waals surface area (Å²) in [4.78, 5) is 80.4. The highest BCUT2D eigenvalue weighted by Gasteiger charge is 2.35. The Kier molecular flexibility index (Phi) is 13.7. The van der Waals surface area contributed by atoms with E-state index in [1.54, 1.807) is 44.2 Å². The number of nitrogens with zero attached hydrogens (tertiary/aromatic N) is 1. The van der Waals surface area contributed by atoms with Gasteiger partial charge in [-0.25, -0.2) is 0 Å². The van der Waals surface area contributed by atoms with Crippen LogP contribution in [0.1, 0.15) is 50.3 Å². The molecule has 3 rings (SSSR count). The van der Waals surface area contributed by atoms with E-state index in [2.05, 4.69) is 26.6 Å². The average molecular weight is 689 g/mol. The summed E-state index contributed by atoms with van der Waals surface area (Å²) in [6.45, 7) is 4.41. The second-order valence-electron chi connectivity index (χ2n) is 12.3. The fraction of sp³-hybridized carbons (Fsp3) is 0.471. The highest BCUT2D eigenvalue weighted by Crippen LogP contribution is 2.32. The van der Waals surface area contributed by atoms with Crippen molar-refractivity contribution in [3.05, 3.63) is 71.3 Å². The largest absolute Gasteiger partial charge is 0.416 e. The van der Waals surface area contributed by atoms with Crippen LogP contribution in [0.2, 0.25) is 0 Å². The van der Waals surface area contributed by atoms with Crippen LogP contribution in [0.5, 0.6) is 0 Å². The predicted molar refractivity (Wildman–Crippen MR) is 173 cm³/mol. The normalized spacial score (nSPS) is 22.3. The molecule has 1 aliphatic heterocycles. The zero-order valence-corrected chi connectivity index (χ0v) is 27.9. The molecule has 0 aromatic heterocycles. The zero-order valence-electron chi connectivity index (χ0n) is 27.9. The third kappa shape index (κ3) is 11.6. The van der Waals surface area contributed by atoms with Gasteiger partial charge in [0.2, 0.25) is 35.4 Å². The van der Waals surface area contributed by atoms with E-state index in [4.69, 9.17) is 0 Å². The Morgan fingerprint density at radius 3 is 2.22 bits per heavy atom. The standard InChI is InChI=1S/C34H43F3N6O6/c1-20(2)29-32(48)39-21(3)30(46)41-26(17-22-11-6-5-7-12-22)33(49)43(4)19-28(45)38-16-10-15-25(31(47)42-29)40-27(44)18-23-13-8-9-14-24(23)34(35,36)37/h5-9,11-14,20-21,25-26,29H,10,15-19H2,1-4H3,(H,38,45)(H,39,48)(H,40,44)(H,41,46)(H,42,47)/t21-,25+,26+,29-/m1/s1. The van der Waals surface area contributed by atoms with Crippen LogP contribution in [0, 0.1) is 5.92 Å². The average Bonchev–Trinajstić information content (AvgIpc) is 3.03. The number of carbonyl (C=O) groups excluding carboxylic acids is 6. The monoisotopic (exact) mass is 688 g/mol. The molecule has 0 unspecified atom stereocenters. The Labute approximate surface area is 282 Å². The van der Waals surface area contributed by atoms with Crippen molar-refractivity contribution in [2.75, 3.05) is 20.1 Å². The molecule has 0 radical (unpaired) electrons. The number of carbonyl (C=O) groups is 6. The Morgan fingerprint density at radius 1 is 0.918 bits per heavy atom. The molecular weight excluding hydrogens is 645 g/mol. The number of likely N-dealkylation sites (N-methyl/N-ethyl adjacent to an activating group) is 1. The van der Waals surface area contributed by atoms with Gasteiger partial charge in [-0.3, -0.25) is 28.8 Å². The van der Waals surface area contributed by atoms with Crippen LogP contribution in [0.15, 0.2) is 54.6 Å². The lowest BCUT2D eigenvalue weighted by atomic mass is 10.0. The molecule has 0 bridgehead atoms. The minimum Gasteiger partial charge on any atom is -0.355 e. The van der Waals surface area contributed by atoms with Gasteiger partial charge in [-0.15, -0.1) is 0 Å². The summed E-state index contributed by atoms with van der Waals surface area (Å²) in [6, 6.07) is 8.90. The quantitative estimate of drug-likeness (QED) is 0.309. The maximum Gasteiger partial charge on any atom is 0.416 e. The minimum atomic E-state index is -4.69. The third-order valence-electron chi connectivity index (χ3n) is 7.97. The molecular formula is C34H43F3N6O6. The molecule has 15 heteroatoms. The summed E-state index contributed by atoms with van der Waals surface area (Å²) in [5.41, 5.74) is -0.505. The molecule has 1 saturated heterocycles. The first kappa shape index (κ1) is 38.5. The van der Waals surface area contributed by atoms with E-state index >= 15 is 0 Å². The van der Waals surface area contributed by atoms with Gasteiger partial charge in [0.15, 0.2) is 0 Å². The van der Waals surface area contributed by atoms with Crippen molar-refractivity contribution < 1.29 is 41.9 Å². The highest BCUT2D eigenvalue weighted by molar-refractivity contribution is 5.96. The molecule has 1 fully saturated rings. The molecule has 2 aromatic carbocycles. The lowest BCUT2D eigenvalue weighted by Crippen LogP contribution is -2.59. The second kappa shape index (κ2) is 17.4. The summed E-state index contributed by atoms with van der Waals surface area (Å²) in [5.74, 6) is -4.55. The molecule has 1 aliphatic rings. The second-order valence-corrected chi connectivity index (χ2v) is 12.3. The number of amides is 6. The summed E-state index contributed by atoms with van der Waals surface area (Å²) < 4.78 is 40.5. The van der Waals surface area contributed by atoms with Gasteiger partial charge in [0.1, 0.15) is 24.2 Å². The summed E-state index contributed by atoms with van der Waals surface area (Å²) in [7, 11) is 1.41. The van der Waals surface area contributed by atoms with Gasteiger partial charge in [0, 0.05) is 20.0 Å². The fourth-order valence-electron chi connectivity index (χ4n) is 5.29. The highest BCUT2D eigenvalue weighted by atomic mass is 19.4. The molecule has 2 aromatic rings. The van der Waals surface area contributed by atoms with Crippen molar-refractivity contribution in [2.24, 2.45) is 5.92 Å². The van der Waals surface area contributed by atoms with Gasteiger partial charge in [0.25, 0.3) is 0 Å². The molecule has 266 valence electrons. The van der Waals surface area contributed by atoms with Crippen molar-refractivity contribution in [2.45, 2.75) is 76.8 Å². The number of nitrogens with one attached hydrogen (secondary N) is 5. The van der Waals surface area contributed by atoms with Crippen molar-refractivity contribution in [3.8, 4) is 0 Å². The first-order valence-corrected chi connectivity index (χ1v) is 16.0. The molecule has 6 amide bonds.